The van der Waals surface area contributed by atoms with Gasteiger partial charge in [0.1, 0.15) is 0 Å². The lowest BCUT2D eigenvalue weighted by molar-refractivity contribution is 0.670. The standard InChI is InChI=1S/C16H22N4O/c1-5-6-20-10-14(13(4)19-20)8-17-9-15-12(3)16(21)11(2)7-18-15/h5,7,10,17H,1,6,8-9H2,2-4H3,(H,18,21). The van der Waals surface area contributed by atoms with Crippen molar-refractivity contribution in [3.8, 4) is 0 Å². The number of nitrogens with one attached hydrogen (secondary N) is 2. The Morgan fingerprint density at radius 2 is 2.14 bits per heavy atom. The second-order valence-electron chi connectivity index (χ2n) is 5.26. The summed E-state index contributed by atoms with van der Waals surface area (Å²) in [6, 6.07) is 0. The third-order valence-corrected chi connectivity index (χ3v) is 3.60. The van der Waals surface area contributed by atoms with Gasteiger partial charge in [-0.1, -0.05) is 6.08 Å². The molecule has 0 saturated carbocycles. The zero-order chi connectivity index (χ0) is 15.4. The minimum absolute atomic E-state index is 0.112. The predicted octanol–water partition coefficient (Wildman–Crippen LogP) is 1.97. The molecule has 0 aliphatic rings. The average molecular weight is 286 g/mol. The van der Waals surface area contributed by atoms with E-state index in [1.165, 1.54) is 0 Å². The van der Waals surface area contributed by atoms with Gasteiger partial charge in [0, 0.05) is 47.9 Å². The molecule has 0 aliphatic carbocycles. The van der Waals surface area contributed by atoms with E-state index in [1.807, 2.05) is 37.7 Å². The van der Waals surface area contributed by atoms with Gasteiger partial charge in [-0.3, -0.25) is 9.48 Å². The molecule has 0 unspecified atom stereocenters. The molecule has 5 nitrogen and oxygen atoms in total. The van der Waals surface area contributed by atoms with Crippen LogP contribution in [-0.4, -0.2) is 14.8 Å². The average Bonchev–Trinajstić information content (AvgIpc) is 2.79. The summed E-state index contributed by atoms with van der Waals surface area (Å²) in [5.74, 6) is 0. The van der Waals surface area contributed by atoms with Crippen LogP contribution in [0.5, 0.6) is 0 Å². The Morgan fingerprint density at radius 1 is 1.38 bits per heavy atom. The summed E-state index contributed by atoms with van der Waals surface area (Å²) in [4.78, 5) is 15.1. The number of aryl methyl sites for hydroxylation is 2. The molecular weight excluding hydrogens is 264 g/mol. The van der Waals surface area contributed by atoms with Gasteiger partial charge in [0.15, 0.2) is 5.43 Å². The maximum absolute atomic E-state index is 11.9. The zero-order valence-electron chi connectivity index (χ0n) is 12.9. The Morgan fingerprint density at radius 3 is 2.86 bits per heavy atom. The molecule has 2 aromatic rings. The number of hydrogen-bond acceptors (Lipinski definition) is 3. The van der Waals surface area contributed by atoms with E-state index >= 15 is 0 Å². The number of rotatable bonds is 6. The van der Waals surface area contributed by atoms with Gasteiger partial charge < -0.3 is 10.3 Å². The highest BCUT2D eigenvalue weighted by atomic mass is 16.1. The lowest BCUT2D eigenvalue weighted by Gasteiger charge is -2.08. The molecule has 0 bridgehead atoms. The molecule has 2 N–H and O–H groups in total. The Hall–Kier alpha value is -2.14. The van der Waals surface area contributed by atoms with Crippen molar-refractivity contribution in [2.24, 2.45) is 0 Å². The van der Waals surface area contributed by atoms with Crippen LogP contribution in [0.15, 0.2) is 29.8 Å². The first-order chi connectivity index (χ1) is 10.0. The summed E-state index contributed by atoms with van der Waals surface area (Å²) in [7, 11) is 0. The van der Waals surface area contributed by atoms with E-state index in [2.05, 4.69) is 22.0 Å². The topological polar surface area (TPSA) is 62.7 Å². The Bertz CT molecular complexity index is 697. The minimum Gasteiger partial charge on any atom is -0.363 e. The van der Waals surface area contributed by atoms with Crippen molar-refractivity contribution in [1.82, 2.24) is 20.1 Å². The molecule has 0 fully saturated rings. The Labute approximate surface area is 124 Å². The number of nitrogens with zero attached hydrogens (tertiary/aromatic N) is 2. The maximum atomic E-state index is 11.9. The molecule has 2 aromatic heterocycles. The van der Waals surface area contributed by atoms with E-state index in [-0.39, 0.29) is 5.43 Å². The largest absolute Gasteiger partial charge is 0.363 e. The van der Waals surface area contributed by atoms with Crippen molar-refractivity contribution in [2.75, 3.05) is 0 Å². The second-order valence-corrected chi connectivity index (χ2v) is 5.26. The van der Waals surface area contributed by atoms with Crippen LogP contribution in [0.2, 0.25) is 0 Å². The molecular formula is C16H22N4O. The summed E-state index contributed by atoms with van der Waals surface area (Å²) < 4.78 is 1.87. The van der Waals surface area contributed by atoms with E-state index in [9.17, 15) is 4.79 Å². The summed E-state index contributed by atoms with van der Waals surface area (Å²) in [5, 5.41) is 7.77. The van der Waals surface area contributed by atoms with E-state index < -0.39 is 0 Å². The second kappa shape index (κ2) is 6.54. The number of hydrogen-bond donors (Lipinski definition) is 2. The van der Waals surface area contributed by atoms with Crippen LogP contribution in [0, 0.1) is 20.8 Å². The van der Waals surface area contributed by atoms with E-state index in [0.717, 1.165) is 34.6 Å². The van der Waals surface area contributed by atoms with Gasteiger partial charge in [0.05, 0.1) is 12.2 Å². The first-order valence-corrected chi connectivity index (χ1v) is 7.05. The summed E-state index contributed by atoms with van der Waals surface area (Å²) in [6.45, 7) is 11.5. The molecule has 0 spiro atoms. The van der Waals surface area contributed by atoms with Crippen molar-refractivity contribution >= 4 is 0 Å². The van der Waals surface area contributed by atoms with Gasteiger partial charge in [0.2, 0.25) is 0 Å². The molecule has 2 rings (SSSR count). The van der Waals surface area contributed by atoms with E-state index in [4.69, 9.17) is 0 Å². The SMILES string of the molecule is C=CCn1cc(CNCc2[nH]cc(C)c(=O)c2C)c(C)n1. The molecule has 0 radical (unpaired) electrons. The van der Waals surface area contributed by atoms with Gasteiger partial charge in [-0.05, 0) is 20.8 Å². The van der Waals surface area contributed by atoms with Crippen LogP contribution < -0.4 is 10.7 Å². The molecule has 0 aliphatic heterocycles. The van der Waals surface area contributed by atoms with Crippen LogP contribution in [0.4, 0.5) is 0 Å². The molecule has 0 amide bonds. The van der Waals surface area contributed by atoms with Crippen LogP contribution >= 0.6 is 0 Å². The van der Waals surface area contributed by atoms with Crippen molar-refractivity contribution in [2.45, 2.75) is 40.4 Å². The van der Waals surface area contributed by atoms with Gasteiger partial charge >= 0.3 is 0 Å². The molecule has 0 atom stereocenters. The smallest absolute Gasteiger partial charge is 0.187 e. The summed E-state index contributed by atoms with van der Waals surface area (Å²) in [6.07, 6.45) is 5.61. The highest BCUT2D eigenvalue weighted by molar-refractivity contribution is 5.23. The van der Waals surface area contributed by atoms with Crippen LogP contribution in [0.25, 0.3) is 0 Å². The molecule has 0 saturated heterocycles. The Kier molecular flexibility index (Phi) is 4.75. The van der Waals surface area contributed by atoms with Crippen molar-refractivity contribution in [1.29, 1.82) is 0 Å². The molecule has 112 valence electrons. The highest BCUT2D eigenvalue weighted by Gasteiger charge is 2.07. The molecule has 5 heteroatoms. The first-order valence-electron chi connectivity index (χ1n) is 7.05. The van der Waals surface area contributed by atoms with Crippen LogP contribution in [-0.2, 0) is 19.6 Å². The quantitative estimate of drug-likeness (QED) is 0.798. The number of aromatic nitrogens is 3. The normalized spacial score (nSPS) is 10.8. The number of allylic oxidation sites excluding steroid dienone is 1. The number of H-pyrrole nitrogens is 1. The highest BCUT2D eigenvalue weighted by Crippen LogP contribution is 2.06. The Balaban J connectivity index is 2.00. The monoisotopic (exact) mass is 286 g/mol. The lowest BCUT2D eigenvalue weighted by Crippen LogP contribution is -2.19. The van der Waals surface area contributed by atoms with Crippen molar-refractivity contribution in [3.63, 3.8) is 0 Å². The fourth-order valence-electron chi connectivity index (χ4n) is 2.27. The van der Waals surface area contributed by atoms with Crippen molar-refractivity contribution < 1.29 is 0 Å². The van der Waals surface area contributed by atoms with Crippen LogP contribution in [0.3, 0.4) is 0 Å². The summed E-state index contributed by atoms with van der Waals surface area (Å²) >= 11 is 0. The lowest BCUT2D eigenvalue weighted by atomic mass is 10.1. The van der Waals surface area contributed by atoms with Gasteiger partial charge in [-0.25, -0.2) is 0 Å². The third-order valence-electron chi connectivity index (χ3n) is 3.60. The number of pyridine rings is 1. The van der Waals surface area contributed by atoms with Gasteiger partial charge in [-0.15, -0.1) is 6.58 Å². The van der Waals surface area contributed by atoms with Crippen molar-refractivity contribution in [3.05, 3.63) is 63.4 Å². The fourth-order valence-corrected chi connectivity index (χ4v) is 2.27. The van der Waals surface area contributed by atoms with Gasteiger partial charge in [-0.2, -0.15) is 5.10 Å². The fraction of sp³-hybridized carbons (Fsp3) is 0.375. The zero-order valence-corrected chi connectivity index (χ0v) is 12.9. The van der Waals surface area contributed by atoms with Gasteiger partial charge in [0.25, 0.3) is 0 Å². The van der Waals surface area contributed by atoms with E-state index in [0.29, 0.717) is 13.1 Å². The van der Waals surface area contributed by atoms with E-state index in [1.54, 1.807) is 6.20 Å². The number of aromatic amines is 1. The third kappa shape index (κ3) is 3.49. The first kappa shape index (κ1) is 15.3. The van der Waals surface area contributed by atoms with Crippen LogP contribution in [0.1, 0.15) is 28.1 Å². The molecule has 2 heterocycles. The minimum atomic E-state index is 0.112. The molecule has 0 aromatic carbocycles. The molecule has 21 heavy (non-hydrogen) atoms. The predicted molar refractivity (Wildman–Crippen MR) is 84.2 cm³/mol. The summed E-state index contributed by atoms with van der Waals surface area (Å²) in [5.41, 5.74) is 4.74. The maximum Gasteiger partial charge on any atom is 0.187 e.